The Hall–Kier alpha value is -1.89. The molecule has 84 valence electrons. The smallest absolute Gasteiger partial charge is 0.346 e. The fraction of sp³-hybridized carbons (Fsp3) is 0.222. The molecule has 2 aromatic rings. The second-order valence-electron chi connectivity index (χ2n) is 3.26. The van der Waals surface area contributed by atoms with Crippen molar-refractivity contribution in [1.82, 2.24) is 14.3 Å². The van der Waals surface area contributed by atoms with E-state index in [-0.39, 0.29) is 17.1 Å². The summed E-state index contributed by atoms with van der Waals surface area (Å²) in [7, 11) is 1.59. The van der Waals surface area contributed by atoms with Gasteiger partial charge in [0.25, 0.3) is 0 Å². The van der Waals surface area contributed by atoms with E-state index in [9.17, 15) is 9.59 Å². The number of hydrogen-bond acceptors (Lipinski definition) is 4. The first kappa shape index (κ1) is 10.6. The van der Waals surface area contributed by atoms with Crippen LogP contribution >= 0.6 is 11.3 Å². The maximum Gasteiger partial charge on any atom is 0.346 e. The number of rotatable bonds is 3. The Morgan fingerprint density at radius 1 is 1.62 bits per heavy atom. The van der Waals surface area contributed by atoms with Crippen molar-refractivity contribution in [3.05, 3.63) is 38.7 Å². The Bertz CT molecular complexity index is 581. The average Bonchev–Trinajstić information content (AvgIpc) is 2.80. The van der Waals surface area contributed by atoms with Crippen molar-refractivity contribution in [2.24, 2.45) is 7.05 Å². The number of carbonyl (C=O) groups is 1. The highest BCUT2D eigenvalue weighted by atomic mass is 32.1. The van der Waals surface area contributed by atoms with Crippen molar-refractivity contribution in [2.75, 3.05) is 0 Å². The first-order valence-electron chi connectivity index (χ1n) is 4.47. The molecule has 0 unspecified atom stereocenters. The molecule has 0 spiro atoms. The van der Waals surface area contributed by atoms with E-state index in [1.807, 2.05) is 0 Å². The van der Waals surface area contributed by atoms with Gasteiger partial charge < -0.3 is 5.11 Å². The standard InChI is InChI=1S/C9H9N3O3S/c1-11-5-10-12(9(11)15)4-6-2-3-16-7(6)8(13)14/h2-3,5H,4H2,1H3,(H,13,14). The van der Waals surface area contributed by atoms with E-state index in [1.165, 1.54) is 15.6 Å². The van der Waals surface area contributed by atoms with E-state index in [0.29, 0.717) is 5.56 Å². The molecule has 1 N–H and O–H groups in total. The summed E-state index contributed by atoms with van der Waals surface area (Å²) in [5, 5.41) is 14.5. The second kappa shape index (κ2) is 3.93. The summed E-state index contributed by atoms with van der Waals surface area (Å²) < 4.78 is 2.57. The van der Waals surface area contributed by atoms with Gasteiger partial charge in [-0.05, 0) is 17.0 Å². The predicted molar refractivity (Wildman–Crippen MR) is 57.8 cm³/mol. The number of hydrogen-bond donors (Lipinski definition) is 1. The third-order valence-electron chi connectivity index (χ3n) is 2.15. The molecule has 0 aliphatic heterocycles. The van der Waals surface area contributed by atoms with Gasteiger partial charge in [-0.15, -0.1) is 11.3 Å². The highest BCUT2D eigenvalue weighted by Gasteiger charge is 2.13. The first-order valence-corrected chi connectivity index (χ1v) is 5.35. The molecule has 0 radical (unpaired) electrons. The number of nitrogens with zero attached hydrogens (tertiary/aromatic N) is 3. The average molecular weight is 239 g/mol. The number of aromatic carboxylic acids is 1. The van der Waals surface area contributed by atoms with Gasteiger partial charge in [0.2, 0.25) is 0 Å². The fourth-order valence-electron chi connectivity index (χ4n) is 1.34. The summed E-state index contributed by atoms with van der Waals surface area (Å²) in [4.78, 5) is 22.6. The van der Waals surface area contributed by atoms with Gasteiger partial charge in [0, 0.05) is 7.05 Å². The van der Waals surface area contributed by atoms with Crippen molar-refractivity contribution in [2.45, 2.75) is 6.54 Å². The van der Waals surface area contributed by atoms with Gasteiger partial charge in [-0.2, -0.15) is 5.10 Å². The van der Waals surface area contributed by atoms with Crippen LogP contribution in [-0.2, 0) is 13.6 Å². The zero-order valence-corrected chi connectivity index (χ0v) is 9.27. The normalized spacial score (nSPS) is 10.6. The summed E-state index contributed by atoms with van der Waals surface area (Å²) in [6.07, 6.45) is 1.40. The third kappa shape index (κ3) is 1.76. The number of carboxylic acid groups (broad SMARTS) is 1. The molecule has 0 amide bonds. The molecular formula is C9H9N3O3S. The highest BCUT2D eigenvalue weighted by molar-refractivity contribution is 7.12. The van der Waals surface area contributed by atoms with Crippen molar-refractivity contribution in [3.63, 3.8) is 0 Å². The zero-order chi connectivity index (χ0) is 11.7. The van der Waals surface area contributed by atoms with Gasteiger partial charge in [0.1, 0.15) is 11.2 Å². The van der Waals surface area contributed by atoms with Gasteiger partial charge in [-0.1, -0.05) is 0 Å². The van der Waals surface area contributed by atoms with Gasteiger partial charge in [-0.25, -0.2) is 14.3 Å². The fourth-order valence-corrected chi connectivity index (χ4v) is 2.09. The Morgan fingerprint density at radius 3 is 2.94 bits per heavy atom. The summed E-state index contributed by atoms with van der Waals surface area (Å²) in [6, 6.07) is 1.69. The molecule has 0 saturated carbocycles. The lowest BCUT2D eigenvalue weighted by Gasteiger charge is -1.98. The molecule has 2 rings (SSSR count). The largest absolute Gasteiger partial charge is 0.477 e. The van der Waals surface area contributed by atoms with Crippen LogP contribution in [0.2, 0.25) is 0 Å². The lowest BCUT2D eigenvalue weighted by molar-refractivity contribution is 0.0701. The minimum absolute atomic E-state index is 0.185. The van der Waals surface area contributed by atoms with Crippen LogP contribution in [0, 0.1) is 0 Å². The summed E-state index contributed by atoms with van der Waals surface area (Å²) >= 11 is 1.14. The monoisotopic (exact) mass is 239 g/mol. The molecule has 16 heavy (non-hydrogen) atoms. The lowest BCUT2D eigenvalue weighted by Crippen LogP contribution is -2.23. The van der Waals surface area contributed by atoms with Crippen LogP contribution in [0.15, 0.2) is 22.6 Å². The molecule has 0 fully saturated rings. The Balaban J connectivity index is 2.34. The molecule has 0 aromatic carbocycles. The SMILES string of the molecule is Cn1cnn(Cc2ccsc2C(=O)O)c1=O. The van der Waals surface area contributed by atoms with Crippen molar-refractivity contribution >= 4 is 17.3 Å². The molecule has 0 bridgehead atoms. The van der Waals surface area contributed by atoms with E-state index < -0.39 is 5.97 Å². The maximum absolute atomic E-state index is 11.5. The van der Waals surface area contributed by atoms with Crippen LogP contribution in [0.1, 0.15) is 15.2 Å². The Kier molecular flexibility index (Phi) is 2.61. The minimum Gasteiger partial charge on any atom is -0.477 e. The van der Waals surface area contributed by atoms with Crippen LogP contribution in [-0.4, -0.2) is 25.4 Å². The zero-order valence-electron chi connectivity index (χ0n) is 8.45. The third-order valence-corrected chi connectivity index (χ3v) is 3.09. The summed E-state index contributed by atoms with van der Waals surface area (Å²) in [5.74, 6) is -0.978. The van der Waals surface area contributed by atoms with E-state index in [4.69, 9.17) is 5.11 Å². The minimum atomic E-state index is -0.978. The van der Waals surface area contributed by atoms with Gasteiger partial charge in [-0.3, -0.25) is 4.57 Å². The van der Waals surface area contributed by atoms with Crippen molar-refractivity contribution in [1.29, 1.82) is 0 Å². The Labute approximate surface area is 94.4 Å². The van der Waals surface area contributed by atoms with E-state index in [2.05, 4.69) is 5.10 Å². The van der Waals surface area contributed by atoms with Gasteiger partial charge >= 0.3 is 11.7 Å². The molecule has 6 nitrogen and oxygen atoms in total. The lowest BCUT2D eigenvalue weighted by atomic mass is 10.2. The van der Waals surface area contributed by atoms with Gasteiger partial charge in [0.15, 0.2) is 0 Å². The van der Waals surface area contributed by atoms with Crippen LogP contribution < -0.4 is 5.69 Å². The van der Waals surface area contributed by atoms with Crippen LogP contribution in [0.3, 0.4) is 0 Å². The highest BCUT2D eigenvalue weighted by Crippen LogP contribution is 2.16. The van der Waals surface area contributed by atoms with Crippen molar-refractivity contribution in [3.8, 4) is 0 Å². The molecule has 2 aromatic heterocycles. The molecule has 0 aliphatic carbocycles. The second-order valence-corrected chi connectivity index (χ2v) is 4.18. The Morgan fingerprint density at radius 2 is 2.38 bits per heavy atom. The molecule has 0 saturated heterocycles. The van der Waals surface area contributed by atoms with Crippen LogP contribution in [0.4, 0.5) is 0 Å². The van der Waals surface area contributed by atoms with Crippen LogP contribution in [0.25, 0.3) is 0 Å². The van der Waals surface area contributed by atoms with E-state index in [0.717, 1.165) is 11.3 Å². The number of thiophene rings is 1. The predicted octanol–water partition coefficient (Wildman–Crippen LogP) is 0.390. The summed E-state index contributed by atoms with van der Waals surface area (Å²) in [6.45, 7) is 0.185. The van der Waals surface area contributed by atoms with Crippen molar-refractivity contribution < 1.29 is 9.90 Å². The van der Waals surface area contributed by atoms with Crippen LogP contribution in [0.5, 0.6) is 0 Å². The molecule has 2 heterocycles. The molecular weight excluding hydrogens is 230 g/mol. The maximum atomic E-state index is 11.5. The number of aryl methyl sites for hydroxylation is 1. The first-order chi connectivity index (χ1) is 7.59. The van der Waals surface area contributed by atoms with E-state index in [1.54, 1.807) is 18.5 Å². The quantitative estimate of drug-likeness (QED) is 0.840. The van der Waals surface area contributed by atoms with E-state index >= 15 is 0 Å². The molecule has 7 heteroatoms. The van der Waals surface area contributed by atoms with Gasteiger partial charge in [0.05, 0.1) is 6.54 Å². The number of aromatic nitrogens is 3. The number of carboxylic acids is 1. The summed E-state index contributed by atoms with van der Waals surface area (Å²) in [5.41, 5.74) is 0.334. The topological polar surface area (TPSA) is 77.1 Å². The molecule has 0 atom stereocenters. The molecule has 0 aliphatic rings.